The molecule has 0 bridgehead atoms. The Balaban J connectivity index is 2.32. The molecule has 0 atom stereocenters. The minimum absolute atomic E-state index is 0.134. The van der Waals surface area contributed by atoms with Crippen molar-refractivity contribution in [1.29, 1.82) is 0 Å². The highest BCUT2D eigenvalue weighted by Gasteiger charge is 2.29. The van der Waals surface area contributed by atoms with Crippen molar-refractivity contribution in [3.05, 3.63) is 47.5 Å². The molecule has 1 aromatic carbocycles. The highest BCUT2D eigenvalue weighted by atomic mass is 16.4. The van der Waals surface area contributed by atoms with Crippen molar-refractivity contribution in [3.8, 4) is 0 Å². The molecule has 0 aliphatic heterocycles. The van der Waals surface area contributed by atoms with Gasteiger partial charge < -0.3 is 5.11 Å². The first-order valence-corrected chi connectivity index (χ1v) is 4.68. The molecule has 0 amide bonds. The van der Waals surface area contributed by atoms with Crippen LogP contribution in [0.1, 0.15) is 21.8 Å². The third kappa shape index (κ3) is 1.65. The Morgan fingerprint density at radius 1 is 1.00 bits per heavy atom. The molecule has 1 aliphatic carbocycles. The van der Waals surface area contributed by atoms with E-state index in [1.807, 2.05) is 0 Å². The van der Waals surface area contributed by atoms with Crippen molar-refractivity contribution >= 4 is 17.5 Å². The third-order valence-electron chi connectivity index (χ3n) is 2.47. The maximum Gasteiger partial charge on any atom is 0.335 e. The predicted octanol–water partition coefficient (Wildman–Crippen LogP) is 1.18. The molecule has 0 spiro atoms. The zero-order valence-electron chi connectivity index (χ0n) is 8.21. The van der Waals surface area contributed by atoms with Gasteiger partial charge in [-0.1, -0.05) is 12.1 Å². The molecule has 4 nitrogen and oxygen atoms in total. The van der Waals surface area contributed by atoms with Crippen molar-refractivity contribution in [2.75, 3.05) is 0 Å². The Morgan fingerprint density at radius 2 is 1.50 bits per heavy atom. The monoisotopic (exact) mass is 216 g/mol. The van der Waals surface area contributed by atoms with Crippen LogP contribution in [-0.4, -0.2) is 22.6 Å². The molecule has 0 unspecified atom stereocenters. The molecule has 1 aromatic rings. The molecule has 0 fully saturated rings. The summed E-state index contributed by atoms with van der Waals surface area (Å²) in [6.07, 6.45) is 2.50. The summed E-state index contributed by atoms with van der Waals surface area (Å²) >= 11 is 0. The van der Waals surface area contributed by atoms with E-state index in [4.69, 9.17) is 5.11 Å². The van der Waals surface area contributed by atoms with Crippen LogP contribution in [0.5, 0.6) is 0 Å². The van der Waals surface area contributed by atoms with E-state index in [9.17, 15) is 14.4 Å². The van der Waals surface area contributed by atoms with Crippen LogP contribution in [0.25, 0.3) is 0 Å². The maximum absolute atomic E-state index is 11.4. The lowest BCUT2D eigenvalue weighted by Gasteiger charge is -2.06. The lowest BCUT2D eigenvalue weighted by atomic mass is 9.94. The van der Waals surface area contributed by atoms with Crippen molar-refractivity contribution in [3.63, 3.8) is 0 Å². The van der Waals surface area contributed by atoms with Crippen LogP contribution >= 0.6 is 0 Å². The van der Waals surface area contributed by atoms with Gasteiger partial charge in [0, 0.05) is 0 Å². The first kappa shape index (κ1) is 10.3. The Hall–Kier alpha value is -2.23. The first-order valence-electron chi connectivity index (χ1n) is 4.68. The zero-order valence-corrected chi connectivity index (χ0v) is 8.21. The highest BCUT2D eigenvalue weighted by Crippen LogP contribution is 2.23. The number of ketones is 2. The summed E-state index contributed by atoms with van der Waals surface area (Å²) in [5.74, 6) is -2.34. The van der Waals surface area contributed by atoms with Gasteiger partial charge in [-0.25, -0.2) is 4.79 Å². The summed E-state index contributed by atoms with van der Waals surface area (Å²) in [7, 11) is 0. The van der Waals surface area contributed by atoms with Crippen molar-refractivity contribution in [2.24, 2.45) is 0 Å². The van der Waals surface area contributed by atoms with Gasteiger partial charge in [-0.15, -0.1) is 0 Å². The van der Waals surface area contributed by atoms with Gasteiger partial charge in [-0.05, 0) is 29.8 Å². The van der Waals surface area contributed by atoms with E-state index in [0.29, 0.717) is 5.56 Å². The first-order chi connectivity index (χ1) is 7.59. The number of carboxylic acid groups (broad SMARTS) is 1. The van der Waals surface area contributed by atoms with E-state index < -0.39 is 11.9 Å². The topological polar surface area (TPSA) is 71.4 Å². The largest absolute Gasteiger partial charge is 0.478 e. The summed E-state index contributed by atoms with van der Waals surface area (Å²) in [5, 5.41) is 8.70. The molecule has 1 aliphatic rings. The maximum atomic E-state index is 11.4. The number of carbonyl (C=O) groups is 3. The van der Waals surface area contributed by atoms with E-state index in [1.165, 1.54) is 36.4 Å². The Labute approximate surface area is 91.2 Å². The summed E-state index contributed by atoms with van der Waals surface area (Å²) in [4.78, 5) is 33.4. The molecule has 2 rings (SSSR count). The smallest absolute Gasteiger partial charge is 0.335 e. The summed E-state index contributed by atoms with van der Waals surface area (Å²) in [5.41, 5.74) is 0.666. The number of rotatable bonds is 2. The number of hydrogen-bond acceptors (Lipinski definition) is 3. The van der Waals surface area contributed by atoms with E-state index >= 15 is 0 Å². The van der Waals surface area contributed by atoms with Crippen LogP contribution in [0.3, 0.4) is 0 Å². The second-order valence-electron chi connectivity index (χ2n) is 3.50. The second kappa shape index (κ2) is 3.73. The quantitative estimate of drug-likeness (QED) is 0.753. The van der Waals surface area contributed by atoms with Crippen molar-refractivity contribution in [1.82, 2.24) is 0 Å². The summed E-state index contributed by atoms with van der Waals surface area (Å²) in [6.45, 7) is 0. The predicted molar refractivity (Wildman–Crippen MR) is 55.3 cm³/mol. The Bertz CT molecular complexity index is 478. The molecule has 1 N–H and O–H groups in total. The summed E-state index contributed by atoms with van der Waals surface area (Å²) < 4.78 is 0. The molecule has 4 heteroatoms. The molecule has 16 heavy (non-hydrogen) atoms. The molecule has 0 saturated carbocycles. The minimum atomic E-state index is -1.03. The van der Waals surface area contributed by atoms with Gasteiger partial charge in [0.05, 0.1) is 5.56 Å². The molecule has 0 saturated heterocycles. The van der Waals surface area contributed by atoms with E-state index in [1.54, 1.807) is 0 Å². The average molecular weight is 216 g/mol. The standard InChI is InChI=1S/C12H8O4/c13-9-5-6-10(14)11(9)7-1-3-8(4-2-7)12(15)16/h1-6,11H,(H,15,16). The van der Waals surface area contributed by atoms with Gasteiger partial charge in [0.1, 0.15) is 5.92 Å². The van der Waals surface area contributed by atoms with Gasteiger partial charge >= 0.3 is 5.97 Å². The number of benzene rings is 1. The van der Waals surface area contributed by atoms with Gasteiger partial charge in [-0.3, -0.25) is 9.59 Å². The average Bonchev–Trinajstić information content (AvgIpc) is 2.59. The van der Waals surface area contributed by atoms with E-state index in [0.717, 1.165) is 0 Å². The van der Waals surface area contributed by atoms with Crippen molar-refractivity contribution < 1.29 is 19.5 Å². The van der Waals surface area contributed by atoms with Crippen LogP contribution in [-0.2, 0) is 9.59 Å². The number of aromatic carboxylic acids is 1. The molecule has 0 heterocycles. The van der Waals surface area contributed by atoms with E-state index in [-0.39, 0.29) is 17.1 Å². The van der Waals surface area contributed by atoms with Crippen LogP contribution < -0.4 is 0 Å². The highest BCUT2D eigenvalue weighted by molar-refractivity contribution is 6.22. The fourth-order valence-electron chi connectivity index (χ4n) is 1.64. The fraction of sp³-hybridized carbons (Fsp3) is 0.0833. The van der Waals surface area contributed by atoms with Gasteiger partial charge in [0.15, 0.2) is 11.6 Å². The molecule has 80 valence electrons. The van der Waals surface area contributed by atoms with Gasteiger partial charge in [-0.2, -0.15) is 0 Å². The minimum Gasteiger partial charge on any atom is -0.478 e. The van der Waals surface area contributed by atoms with Crippen molar-refractivity contribution in [2.45, 2.75) is 5.92 Å². The number of carboxylic acids is 1. The van der Waals surface area contributed by atoms with Crippen LogP contribution in [0.15, 0.2) is 36.4 Å². The lowest BCUT2D eigenvalue weighted by molar-refractivity contribution is -0.122. The molecule has 0 radical (unpaired) electrons. The zero-order chi connectivity index (χ0) is 11.7. The SMILES string of the molecule is O=C(O)c1ccc(C2C(=O)C=CC2=O)cc1. The summed E-state index contributed by atoms with van der Waals surface area (Å²) in [6, 6.07) is 5.76. The van der Waals surface area contributed by atoms with Crippen LogP contribution in [0.4, 0.5) is 0 Å². The molecule has 0 aromatic heterocycles. The Morgan fingerprint density at radius 3 is 1.94 bits per heavy atom. The number of allylic oxidation sites excluding steroid dienone is 2. The van der Waals surface area contributed by atoms with Gasteiger partial charge in [0.25, 0.3) is 0 Å². The lowest BCUT2D eigenvalue weighted by Crippen LogP contribution is -2.13. The van der Waals surface area contributed by atoms with Crippen LogP contribution in [0, 0.1) is 0 Å². The normalized spacial score (nSPS) is 15.8. The van der Waals surface area contributed by atoms with E-state index in [2.05, 4.69) is 0 Å². The second-order valence-corrected chi connectivity index (χ2v) is 3.50. The number of hydrogen-bond donors (Lipinski definition) is 1. The van der Waals surface area contributed by atoms with Crippen LogP contribution in [0.2, 0.25) is 0 Å². The van der Waals surface area contributed by atoms with Gasteiger partial charge in [0.2, 0.25) is 0 Å². The fourth-order valence-corrected chi connectivity index (χ4v) is 1.64. The third-order valence-corrected chi connectivity index (χ3v) is 2.47. The molecular weight excluding hydrogens is 208 g/mol. The molecular formula is C12H8O4. The number of carbonyl (C=O) groups excluding carboxylic acids is 2. The Kier molecular flexibility index (Phi) is 2.40.